The molecule has 4 heteroatoms. The van der Waals surface area contributed by atoms with Crippen molar-refractivity contribution in [2.24, 2.45) is 5.73 Å². The Morgan fingerprint density at radius 1 is 1.21 bits per heavy atom. The van der Waals surface area contributed by atoms with Crippen molar-refractivity contribution in [3.8, 4) is 12.3 Å². The lowest BCUT2D eigenvalue weighted by Gasteiger charge is -2.08. The summed E-state index contributed by atoms with van der Waals surface area (Å²) in [5.74, 6) is 2.24. The molecule has 1 atom stereocenters. The largest absolute Gasteiger partial charge is 0.416 e. The first kappa shape index (κ1) is 10.6. The van der Waals surface area contributed by atoms with Gasteiger partial charge in [-0.25, -0.2) is 0 Å². The molecule has 0 radical (unpaired) electrons. The molecule has 0 saturated carbocycles. The Balaban J connectivity index is 2.96. The Bertz CT molecular complexity index is 345. The normalized spacial score (nSPS) is 13.4. The van der Waals surface area contributed by atoms with Crippen LogP contribution in [-0.4, -0.2) is 0 Å². The quantitative estimate of drug-likeness (QED) is 0.690. The summed E-state index contributed by atoms with van der Waals surface area (Å²) in [6, 6.07) is 3.84. The molecule has 74 valence electrons. The molecule has 14 heavy (non-hydrogen) atoms. The van der Waals surface area contributed by atoms with Crippen LogP contribution in [0.4, 0.5) is 13.2 Å². The van der Waals surface area contributed by atoms with E-state index in [2.05, 4.69) is 5.92 Å². The van der Waals surface area contributed by atoms with E-state index in [0.29, 0.717) is 5.56 Å². The van der Waals surface area contributed by atoms with Crippen LogP contribution in [0.15, 0.2) is 24.3 Å². The smallest absolute Gasteiger partial charge is 0.314 e. The van der Waals surface area contributed by atoms with Gasteiger partial charge in [-0.05, 0) is 17.7 Å². The lowest BCUT2D eigenvalue weighted by molar-refractivity contribution is -0.137. The molecule has 0 unspecified atom stereocenters. The highest BCUT2D eigenvalue weighted by atomic mass is 19.4. The van der Waals surface area contributed by atoms with Crippen molar-refractivity contribution in [1.29, 1.82) is 0 Å². The van der Waals surface area contributed by atoms with Crippen molar-refractivity contribution >= 4 is 0 Å². The van der Waals surface area contributed by atoms with Crippen LogP contribution in [0, 0.1) is 12.3 Å². The van der Waals surface area contributed by atoms with Gasteiger partial charge in [-0.15, -0.1) is 6.42 Å². The zero-order valence-electron chi connectivity index (χ0n) is 7.18. The summed E-state index contributed by atoms with van der Waals surface area (Å²) >= 11 is 0. The summed E-state index contributed by atoms with van der Waals surface area (Å²) in [6.07, 6.45) is 0.710. The predicted molar refractivity (Wildman–Crippen MR) is 47.2 cm³/mol. The molecular weight excluding hydrogens is 191 g/mol. The van der Waals surface area contributed by atoms with E-state index in [1.165, 1.54) is 12.1 Å². The van der Waals surface area contributed by atoms with E-state index in [9.17, 15) is 13.2 Å². The maximum Gasteiger partial charge on any atom is 0.416 e. The van der Waals surface area contributed by atoms with Crippen LogP contribution in [0.5, 0.6) is 0 Å². The van der Waals surface area contributed by atoms with E-state index >= 15 is 0 Å². The number of hydrogen-bond donors (Lipinski definition) is 1. The summed E-state index contributed by atoms with van der Waals surface area (Å²) in [5.41, 5.74) is 5.23. The van der Waals surface area contributed by atoms with Crippen molar-refractivity contribution in [3.05, 3.63) is 35.4 Å². The number of nitrogens with two attached hydrogens (primary N) is 1. The van der Waals surface area contributed by atoms with Gasteiger partial charge in [-0.1, -0.05) is 18.1 Å². The fourth-order valence-corrected chi connectivity index (χ4v) is 0.976. The molecule has 0 aliphatic carbocycles. The van der Waals surface area contributed by atoms with Gasteiger partial charge in [-0.3, -0.25) is 0 Å². The third kappa shape index (κ3) is 2.27. The second-order valence-corrected chi connectivity index (χ2v) is 2.76. The van der Waals surface area contributed by atoms with Crippen LogP contribution in [0.25, 0.3) is 0 Å². The Kier molecular flexibility index (Phi) is 2.82. The molecule has 0 aliphatic heterocycles. The molecule has 0 heterocycles. The average Bonchev–Trinajstić information content (AvgIpc) is 2.15. The van der Waals surface area contributed by atoms with E-state index in [0.717, 1.165) is 12.1 Å². The third-order valence-corrected chi connectivity index (χ3v) is 1.78. The first-order valence-electron chi connectivity index (χ1n) is 3.84. The molecule has 0 bridgehead atoms. The zero-order chi connectivity index (χ0) is 10.8. The molecule has 1 aromatic rings. The summed E-state index contributed by atoms with van der Waals surface area (Å²) in [6.45, 7) is 0. The van der Waals surface area contributed by atoms with Gasteiger partial charge in [0, 0.05) is 0 Å². The van der Waals surface area contributed by atoms with Crippen LogP contribution in [0.3, 0.4) is 0 Å². The van der Waals surface area contributed by atoms with Crippen molar-refractivity contribution in [1.82, 2.24) is 0 Å². The molecule has 0 amide bonds. The van der Waals surface area contributed by atoms with E-state index in [-0.39, 0.29) is 0 Å². The Morgan fingerprint density at radius 2 is 1.71 bits per heavy atom. The summed E-state index contributed by atoms with van der Waals surface area (Å²) in [7, 11) is 0. The number of rotatable bonds is 1. The van der Waals surface area contributed by atoms with Crippen LogP contribution in [0.2, 0.25) is 0 Å². The van der Waals surface area contributed by atoms with Gasteiger partial charge in [0.25, 0.3) is 0 Å². The first-order valence-corrected chi connectivity index (χ1v) is 3.84. The van der Waals surface area contributed by atoms with E-state index in [1.54, 1.807) is 0 Å². The molecule has 1 aromatic carbocycles. The molecule has 2 N–H and O–H groups in total. The minimum absolute atomic E-state index is 0.500. The molecule has 1 rings (SSSR count). The fraction of sp³-hybridized carbons (Fsp3) is 0.200. The van der Waals surface area contributed by atoms with Gasteiger partial charge >= 0.3 is 6.18 Å². The second kappa shape index (κ2) is 3.72. The minimum atomic E-state index is -4.32. The maximum atomic E-state index is 12.1. The van der Waals surface area contributed by atoms with Gasteiger partial charge in [0.2, 0.25) is 0 Å². The Hall–Kier alpha value is -1.47. The van der Waals surface area contributed by atoms with Gasteiger partial charge in [0.15, 0.2) is 0 Å². The highest BCUT2D eigenvalue weighted by Gasteiger charge is 2.29. The van der Waals surface area contributed by atoms with E-state index in [1.807, 2.05) is 0 Å². The summed E-state index contributed by atoms with van der Waals surface area (Å²) in [4.78, 5) is 0. The van der Waals surface area contributed by atoms with Crippen LogP contribution >= 0.6 is 0 Å². The number of terminal acetylenes is 1. The number of benzene rings is 1. The average molecular weight is 199 g/mol. The monoisotopic (exact) mass is 199 g/mol. The van der Waals surface area contributed by atoms with Crippen molar-refractivity contribution < 1.29 is 13.2 Å². The topological polar surface area (TPSA) is 26.0 Å². The van der Waals surface area contributed by atoms with Crippen LogP contribution < -0.4 is 5.73 Å². The minimum Gasteiger partial charge on any atom is -0.314 e. The van der Waals surface area contributed by atoms with E-state index in [4.69, 9.17) is 12.2 Å². The predicted octanol–water partition coefficient (Wildman–Crippen LogP) is 2.34. The third-order valence-electron chi connectivity index (χ3n) is 1.78. The van der Waals surface area contributed by atoms with E-state index < -0.39 is 17.8 Å². The SMILES string of the molecule is C#C[C@H](N)c1ccc(C(F)(F)F)cc1. The molecular formula is C10H8F3N. The molecule has 0 aliphatic rings. The van der Waals surface area contributed by atoms with Crippen molar-refractivity contribution in [3.63, 3.8) is 0 Å². The highest BCUT2D eigenvalue weighted by molar-refractivity contribution is 5.30. The Labute approximate surface area is 79.7 Å². The first-order chi connectivity index (χ1) is 6.45. The lowest BCUT2D eigenvalue weighted by atomic mass is 10.1. The summed E-state index contributed by atoms with van der Waals surface area (Å²) in [5, 5.41) is 0. The lowest BCUT2D eigenvalue weighted by Crippen LogP contribution is -2.09. The second-order valence-electron chi connectivity index (χ2n) is 2.76. The van der Waals surface area contributed by atoms with Gasteiger partial charge in [0.05, 0.1) is 11.6 Å². The van der Waals surface area contributed by atoms with Gasteiger partial charge < -0.3 is 5.73 Å². The molecule has 0 fully saturated rings. The fourth-order valence-electron chi connectivity index (χ4n) is 0.976. The van der Waals surface area contributed by atoms with Crippen molar-refractivity contribution in [2.75, 3.05) is 0 Å². The molecule has 1 nitrogen and oxygen atoms in total. The number of hydrogen-bond acceptors (Lipinski definition) is 1. The standard InChI is InChI=1S/C10H8F3N/c1-2-9(14)7-3-5-8(6-4-7)10(11,12)13/h1,3-6,9H,14H2/t9-/m0/s1. The molecule has 0 spiro atoms. The Morgan fingerprint density at radius 3 is 2.07 bits per heavy atom. The molecule has 0 saturated heterocycles. The molecule has 0 aromatic heterocycles. The van der Waals surface area contributed by atoms with Crippen LogP contribution in [-0.2, 0) is 6.18 Å². The number of alkyl halides is 3. The van der Waals surface area contributed by atoms with Gasteiger partial charge in [0.1, 0.15) is 0 Å². The van der Waals surface area contributed by atoms with Crippen molar-refractivity contribution in [2.45, 2.75) is 12.2 Å². The zero-order valence-corrected chi connectivity index (χ0v) is 7.18. The summed E-state index contributed by atoms with van der Waals surface area (Å²) < 4.78 is 36.4. The maximum absolute atomic E-state index is 12.1. The van der Waals surface area contributed by atoms with Gasteiger partial charge in [-0.2, -0.15) is 13.2 Å². The highest BCUT2D eigenvalue weighted by Crippen LogP contribution is 2.29. The van der Waals surface area contributed by atoms with Crippen LogP contribution in [0.1, 0.15) is 17.2 Å². The number of halogens is 3.